The van der Waals surface area contributed by atoms with Crippen LogP contribution in [0.3, 0.4) is 0 Å². The van der Waals surface area contributed by atoms with Crippen LogP contribution in [-0.4, -0.2) is 34.1 Å². The Morgan fingerprint density at radius 2 is 1.67 bits per heavy atom. The number of hydrogen-bond acceptors (Lipinski definition) is 10. The maximum Gasteiger partial charge on any atom is 0.296 e. The summed E-state index contributed by atoms with van der Waals surface area (Å²) in [5.74, 6) is 0.0681. The Morgan fingerprint density at radius 3 is 2.46 bits per heavy atom. The SMILES string of the molecule is COc1cccc2cc(C(=O)C3=C(O)C(=O)N(c4nnc(SCc5ccccc5)s4)C3c3cccc(Oc4ccccc4)c3)oc12. The molecule has 7 rings (SSSR count). The second-order valence-corrected chi connectivity index (χ2v) is 12.4. The fourth-order valence-corrected chi connectivity index (χ4v) is 7.07. The molecular formula is C35H25N3O6S2. The molecule has 0 bridgehead atoms. The normalized spacial score (nSPS) is 14.7. The van der Waals surface area contributed by atoms with E-state index in [9.17, 15) is 14.7 Å². The van der Waals surface area contributed by atoms with Gasteiger partial charge in [-0.25, -0.2) is 0 Å². The number of carbonyl (C=O) groups is 2. The second kappa shape index (κ2) is 12.5. The van der Waals surface area contributed by atoms with Gasteiger partial charge in [-0.1, -0.05) is 95.9 Å². The van der Waals surface area contributed by atoms with E-state index < -0.39 is 23.5 Å². The molecule has 0 spiro atoms. The van der Waals surface area contributed by atoms with Crippen LogP contribution in [-0.2, 0) is 10.5 Å². The molecular weight excluding hydrogens is 623 g/mol. The van der Waals surface area contributed by atoms with Crippen molar-refractivity contribution in [3.8, 4) is 17.2 Å². The molecule has 1 unspecified atom stereocenters. The molecule has 1 N–H and O–H groups in total. The summed E-state index contributed by atoms with van der Waals surface area (Å²) >= 11 is 2.69. The standard InChI is InChI=1S/C35H25N3O6S2/c1-42-26-17-9-13-23-19-27(44-32(23)26)30(39)28-29(22-12-8-16-25(18-22)43-24-14-6-3-7-15-24)38(33(41)31(28)40)34-36-37-35(46-34)45-20-21-10-4-2-5-11-21/h2-19,29,40H,20H2,1H3. The van der Waals surface area contributed by atoms with Crippen molar-refractivity contribution in [2.75, 3.05) is 12.0 Å². The summed E-state index contributed by atoms with van der Waals surface area (Å²) in [6, 6.07) is 32.0. The van der Waals surface area contributed by atoms with Crippen molar-refractivity contribution in [2.45, 2.75) is 16.1 Å². The van der Waals surface area contributed by atoms with Crippen molar-refractivity contribution in [3.05, 3.63) is 137 Å². The number of thioether (sulfide) groups is 1. The van der Waals surface area contributed by atoms with Crippen LogP contribution >= 0.6 is 23.1 Å². The molecule has 0 fully saturated rings. The van der Waals surface area contributed by atoms with Gasteiger partial charge in [0.25, 0.3) is 5.91 Å². The van der Waals surface area contributed by atoms with Gasteiger partial charge >= 0.3 is 0 Å². The molecule has 9 nitrogen and oxygen atoms in total. The summed E-state index contributed by atoms with van der Waals surface area (Å²) in [7, 11) is 1.51. The lowest BCUT2D eigenvalue weighted by molar-refractivity contribution is -0.117. The van der Waals surface area contributed by atoms with Crippen LogP contribution in [0.4, 0.5) is 5.13 Å². The monoisotopic (exact) mass is 647 g/mol. The van der Waals surface area contributed by atoms with E-state index in [4.69, 9.17) is 13.9 Å². The number of methoxy groups -OCH3 is 1. The number of para-hydroxylation sites is 2. The number of aromatic nitrogens is 2. The van der Waals surface area contributed by atoms with Gasteiger partial charge in [0.05, 0.1) is 18.7 Å². The van der Waals surface area contributed by atoms with Crippen LogP contribution < -0.4 is 14.4 Å². The van der Waals surface area contributed by atoms with Gasteiger partial charge in [-0.2, -0.15) is 0 Å². The number of aliphatic hydroxyl groups is 1. The number of furan rings is 1. The van der Waals surface area contributed by atoms with Crippen LogP contribution in [0, 0.1) is 0 Å². The van der Waals surface area contributed by atoms with Crippen molar-refractivity contribution >= 4 is 50.9 Å². The maximum atomic E-state index is 14.2. The Hall–Kier alpha value is -5.39. The number of rotatable bonds is 10. The molecule has 1 aliphatic heterocycles. The van der Waals surface area contributed by atoms with Crippen LogP contribution in [0.25, 0.3) is 11.0 Å². The van der Waals surface area contributed by atoms with Gasteiger partial charge < -0.3 is 19.0 Å². The van der Waals surface area contributed by atoms with Crippen LogP contribution in [0.2, 0.25) is 0 Å². The van der Waals surface area contributed by atoms with Crippen molar-refractivity contribution in [1.29, 1.82) is 0 Å². The molecule has 6 aromatic rings. The summed E-state index contributed by atoms with van der Waals surface area (Å²) in [5, 5.41) is 20.8. The van der Waals surface area contributed by atoms with Gasteiger partial charge in [-0.05, 0) is 47.5 Å². The number of amides is 1. The summed E-state index contributed by atoms with van der Waals surface area (Å²) in [6.07, 6.45) is 0. The number of carbonyl (C=O) groups excluding carboxylic acids is 2. The van der Waals surface area contributed by atoms with Crippen molar-refractivity contribution in [1.82, 2.24) is 10.2 Å². The Kier molecular flexibility index (Phi) is 8.00. The molecule has 46 heavy (non-hydrogen) atoms. The average Bonchev–Trinajstić information content (AvgIpc) is 3.81. The Labute approximate surface area is 271 Å². The highest BCUT2D eigenvalue weighted by Gasteiger charge is 2.47. The Balaban J connectivity index is 1.28. The highest BCUT2D eigenvalue weighted by Crippen LogP contribution is 2.45. The van der Waals surface area contributed by atoms with E-state index >= 15 is 0 Å². The molecule has 4 aromatic carbocycles. The number of hydrogen-bond donors (Lipinski definition) is 1. The molecule has 2 aromatic heterocycles. The van der Waals surface area contributed by atoms with Crippen LogP contribution in [0.1, 0.15) is 27.7 Å². The van der Waals surface area contributed by atoms with Crippen LogP contribution in [0.15, 0.2) is 129 Å². The highest BCUT2D eigenvalue weighted by atomic mass is 32.2. The zero-order valence-electron chi connectivity index (χ0n) is 24.3. The zero-order chi connectivity index (χ0) is 31.6. The molecule has 1 amide bonds. The highest BCUT2D eigenvalue weighted by molar-refractivity contribution is 8.00. The van der Waals surface area contributed by atoms with Gasteiger partial charge in [-0.15, -0.1) is 10.2 Å². The molecule has 0 radical (unpaired) electrons. The number of nitrogens with zero attached hydrogens (tertiary/aromatic N) is 3. The number of anilines is 1. The summed E-state index contributed by atoms with van der Waals surface area (Å²) in [4.78, 5) is 29.3. The Morgan fingerprint density at radius 1 is 0.935 bits per heavy atom. The lowest BCUT2D eigenvalue weighted by Gasteiger charge is -2.24. The van der Waals surface area contributed by atoms with Crippen LogP contribution in [0.5, 0.6) is 17.2 Å². The summed E-state index contributed by atoms with van der Waals surface area (Å²) in [6.45, 7) is 0. The van der Waals surface area contributed by atoms with E-state index in [-0.39, 0.29) is 16.5 Å². The predicted molar refractivity (Wildman–Crippen MR) is 176 cm³/mol. The first kappa shape index (κ1) is 29.3. The lowest BCUT2D eigenvalue weighted by Crippen LogP contribution is -2.31. The topological polar surface area (TPSA) is 115 Å². The van der Waals surface area contributed by atoms with Crippen molar-refractivity contribution < 1.29 is 28.6 Å². The van der Waals surface area contributed by atoms with Gasteiger partial charge in [0.1, 0.15) is 11.5 Å². The fraction of sp³-hybridized carbons (Fsp3) is 0.0857. The number of ketones is 1. The second-order valence-electron chi connectivity index (χ2n) is 10.3. The molecule has 1 aliphatic rings. The van der Waals surface area contributed by atoms with E-state index in [0.29, 0.717) is 43.9 Å². The number of ether oxygens (including phenoxy) is 2. The minimum Gasteiger partial charge on any atom is -0.503 e. The third kappa shape index (κ3) is 5.62. The van der Waals surface area contributed by atoms with Crippen molar-refractivity contribution in [2.24, 2.45) is 0 Å². The molecule has 0 saturated carbocycles. The smallest absolute Gasteiger partial charge is 0.296 e. The van der Waals surface area contributed by atoms with E-state index in [1.807, 2.05) is 60.7 Å². The zero-order valence-corrected chi connectivity index (χ0v) is 26.0. The van der Waals surface area contributed by atoms with Gasteiger partial charge in [0.2, 0.25) is 10.9 Å². The Bertz CT molecular complexity index is 2090. The predicted octanol–water partition coefficient (Wildman–Crippen LogP) is 8.16. The maximum absolute atomic E-state index is 14.2. The average molecular weight is 648 g/mol. The largest absolute Gasteiger partial charge is 0.503 e. The van der Waals surface area contributed by atoms with Crippen molar-refractivity contribution in [3.63, 3.8) is 0 Å². The quantitative estimate of drug-likeness (QED) is 0.0893. The third-order valence-corrected chi connectivity index (χ3v) is 9.49. The number of aliphatic hydroxyl groups excluding tert-OH is 1. The number of fused-ring (bicyclic) bond motifs is 1. The molecule has 3 heterocycles. The molecule has 228 valence electrons. The number of benzene rings is 4. The minimum absolute atomic E-state index is 0.0474. The first-order chi connectivity index (χ1) is 22.5. The van der Waals surface area contributed by atoms with E-state index in [1.165, 1.54) is 35.1 Å². The van der Waals surface area contributed by atoms with Gasteiger partial charge in [-0.3, -0.25) is 14.5 Å². The third-order valence-electron chi connectivity index (χ3n) is 7.36. The van der Waals surface area contributed by atoms with E-state index in [1.54, 1.807) is 48.5 Å². The van der Waals surface area contributed by atoms with Gasteiger partial charge in [0.15, 0.2) is 27.2 Å². The summed E-state index contributed by atoms with van der Waals surface area (Å²) in [5.41, 5.74) is 1.88. The molecule has 0 aliphatic carbocycles. The van der Waals surface area contributed by atoms with E-state index in [0.717, 1.165) is 5.56 Å². The number of Topliss-reactive ketones (excluding diaryl/α,β-unsaturated/α-hetero) is 1. The first-order valence-corrected chi connectivity index (χ1v) is 16.0. The summed E-state index contributed by atoms with van der Waals surface area (Å²) < 4.78 is 18.1. The fourth-order valence-electron chi connectivity index (χ4n) is 5.24. The first-order valence-electron chi connectivity index (χ1n) is 14.2. The molecule has 1 atom stereocenters. The molecule has 0 saturated heterocycles. The lowest BCUT2D eigenvalue weighted by atomic mass is 9.95. The minimum atomic E-state index is -1.05. The molecule has 11 heteroatoms. The van der Waals surface area contributed by atoms with E-state index in [2.05, 4.69) is 10.2 Å². The van der Waals surface area contributed by atoms with Gasteiger partial charge in [0, 0.05) is 11.1 Å².